The molecular formula is C12H8Cl2S2. The lowest BCUT2D eigenvalue weighted by Crippen LogP contribution is -1.82. The van der Waals surface area contributed by atoms with Crippen molar-refractivity contribution in [2.45, 2.75) is 9.79 Å². The van der Waals surface area contributed by atoms with Crippen LogP contribution in [-0.4, -0.2) is 0 Å². The smallest absolute Gasteiger partial charge is 0.0426 e. The first kappa shape index (κ1) is 12.2. The molecule has 0 fully saturated rings. The SMILES string of the molecule is Sc1cccc(-c2cc(Cl)cc(Cl)c2)c1S. The van der Waals surface area contributed by atoms with Gasteiger partial charge in [0.05, 0.1) is 0 Å². The second-order valence-electron chi connectivity index (χ2n) is 3.33. The number of hydrogen-bond donors (Lipinski definition) is 2. The van der Waals surface area contributed by atoms with Gasteiger partial charge in [-0.3, -0.25) is 0 Å². The molecule has 2 rings (SSSR count). The molecule has 0 aliphatic rings. The summed E-state index contributed by atoms with van der Waals surface area (Å²) in [6.45, 7) is 0. The standard InChI is InChI=1S/C12H8Cl2S2/c13-8-4-7(5-9(14)6-8)10-2-1-3-11(15)12(10)16/h1-6,15-16H. The van der Waals surface area contributed by atoms with E-state index in [1.54, 1.807) is 6.07 Å². The molecule has 82 valence electrons. The number of benzene rings is 2. The molecule has 0 saturated carbocycles. The van der Waals surface area contributed by atoms with Crippen LogP contribution in [0.2, 0.25) is 10.0 Å². The summed E-state index contributed by atoms with van der Waals surface area (Å²) in [5.41, 5.74) is 1.92. The molecule has 0 aromatic heterocycles. The van der Waals surface area contributed by atoms with Gasteiger partial charge in [0, 0.05) is 19.8 Å². The zero-order valence-corrected chi connectivity index (χ0v) is 11.4. The average molecular weight is 287 g/mol. The van der Waals surface area contributed by atoms with Gasteiger partial charge in [0.25, 0.3) is 0 Å². The van der Waals surface area contributed by atoms with Gasteiger partial charge in [-0.1, -0.05) is 35.3 Å². The molecule has 0 bridgehead atoms. The molecule has 0 spiro atoms. The van der Waals surface area contributed by atoms with E-state index in [0.717, 1.165) is 20.9 Å². The quantitative estimate of drug-likeness (QED) is 0.659. The van der Waals surface area contributed by atoms with Gasteiger partial charge in [-0.25, -0.2) is 0 Å². The van der Waals surface area contributed by atoms with Crippen LogP contribution in [0.25, 0.3) is 11.1 Å². The van der Waals surface area contributed by atoms with Gasteiger partial charge < -0.3 is 0 Å². The Morgan fingerprint density at radius 1 is 0.875 bits per heavy atom. The number of hydrogen-bond acceptors (Lipinski definition) is 2. The van der Waals surface area contributed by atoms with E-state index in [-0.39, 0.29) is 0 Å². The first-order valence-corrected chi connectivity index (χ1v) is 6.20. The van der Waals surface area contributed by atoms with Crippen molar-refractivity contribution in [3.8, 4) is 11.1 Å². The highest BCUT2D eigenvalue weighted by molar-refractivity contribution is 7.83. The Bertz CT molecular complexity index is 518. The minimum Gasteiger partial charge on any atom is -0.142 e. The summed E-state index contributed by atoms with van der Waals surface area (Å²) in [5.74, 6) is 0. The van der Waals surface area contributed by atoms with Crippen molar-refractivity contribution in [3.63, 3.8) is 0 Å². The van der Waals surface area contributed by atoms with Gasteiger partial charge in [0.2, 0.25) is 0 Å². The molecule has 0 nitrogen and oxygen atoms in total. The Labute approximate surface area is 115 Å². The van der Waals surface area contributed by atoms with Crippen LogP contribution in [0.1, 0.15) is 0 Å². The molecule has 2 aromatic carbocycles. The highest BCUT2D eigenvalue weighted by Gasteiger charge is 2.06. The molecule has 4 heteroatoms. The van der Waals surface area contributed by atoms with E-state index >= 15 is 0 Å². The maximum Gasteiger partial charge on any atom is 0.0426 e. The van der Waals surface area contributed by atoms with Gasteiger partial charge in [-0.2, -0.15) is 0 Å². The Morgan fingerprint density at radius 3 is 2.12 bits per heavy atom. The third-order valence-electron chi connectivity index (χ3n) is 2.19. The van der Waals surface area contributed by atoms with Gasteiger partial charge in [0.1, 0.15) is 0 Å². The van der Waals surface area contributed by atoms with Crippen LogP contribution < -0.4 is 0 Å². The molecule has 0 aliphatic carbocycles. The summed E-state index contributed by atoms with van der Waals surface area (Å²) in [6.07, 6.45) is 0. The molecule has 0 heterocycles. The molecule has 16 heavy (non-hydrogen) atoms. The molecule has 0 amide bonds. The molecule has 2 aromatic rings. The van der Waals surface area contributed by atoms with E-state index in [0.29, 0.717) is 10.0 Å². The summed E-state index contributed by atoms with van der Waals surface area (Å²) < 4.78 is 0. The first-order valence-electron chi connectivity index (χ1n) is 4.55. The molecule has 0 radical (unpaired) electrons. The number of rotatable bonds is 1. The van der Waals surface area contributed by atoms with Crippen molar-refractivity contribution in [3.05, 3.63) is 46.4 Å². The fourth-order valence-corrected chi connectivity index (χ4v) is 2.48. The maximum atomic E-state index is 5.96. The van der Waals surface area contributed by atoms with Gasteiger partial charge in [0.15, 0.2) is 0 Å². The number of thiol groups is 2. The third-order valence-corrected chi connectivity index (χ3v) is 3.66. The van der Waals surface area contributed by atoms with Crippen LogP contribution in [0.4, 0.5) is 0 Å². The van der Waals surface area contributed by atoms with E-state index in [2.05, 4.69) is 25.3 Å². The fourth-order valence-electron chi connectivity index (χ4n) is 1.47. The predicted molar refractivity (Wildman–Crippen MR) is 76.4 cm³/mol. The van der Waals surface area contributed by atoms with Crippen LogP contribution in [0, 0.1) is 0 Å². The number of halogens is 2. The van der Waals surface area contributed by atoms with E-state index < -0.39 is 0 Å². The zero-order chi connectivity index (χ0) is 11.7. The normalized spacial score (nSPS) is 10.5. The van der Waals surface area contributed by atoms with Gasteiger partial charge >= 0.3 is 0 Å². The fraction of sp³-hybridized carbons (Fsp3) is 0. The summed E-state index contributed by atoms with van der Waals surface area (Å²) in [6, 6.07) is 11.2. The topological polar surface area (TPSA) is 0 Å². The second kappa shape index (κ2) is 4.92. The van der Waals surface area contributed by atoms with Crippen molar-refractivity contribution >= 4 is 48.5 Å². The lowest BCUT2D eigenvalue weighted by Gasteiger charge is -2.08. The van der Waals surface area contributed by atoms with E-state index in [1.165, 1.54) is 0 Å². The highest BCUT2D eigenvalue weighted by Crippen LogP contribution is 2.33. The van der Waals surface area contributed by atoms with E-state index in [1.807, 2.05) is 30.3 Å². The van der Waals surface area contributed by atoms with Crippen LogP contribution in [0.5, 0.6) is 0 Å². The Morgan fingerprint density at radius 2 is 1.50 bits per heavy atom. The zero-order valence-electron chi connectivity index (χ0n) is 8.11. The molecule has 0 saturated heterocycles. The molecule has 0 unspecified atom stereocenters. The van der Waals surface area contributed by atoms with E-state index in [9.17, 15) is 0 Å². The van der Waals surface area contributed by atoms with Crippen molar-refractivity contribution in [1.82, 2.24) is 0 Å². The summed E-state index contributed by atoms with van der Waals surface area (Å²) in [7, 11) is 0. The van der Waals surface area contributed by atoms with Crippen LogP contribution in [0.15, 0.2) is 46.2 Å². The largest absolute Gasteiger partial charge is 0.142 e. The van der Waals surface area contributed by atoms with Gasteiger partial charge in [-0.05, 0) is 35.4 Å². The van der Waals surface area contributed by atoms with Crippen molar-refractivity contribution in [2.24, 2.45) is 0 Å². The Hall–Kier alpha value is -0.280. The summed E-state index contributed by atoms with van der Waals surface area (Å²) >= 11 is 20.7. The minimum atomic E-state index is 0.611. The van der Waals surface area contributed by atoms with Crippen LogP contribution in [0.3, 0.4) is 0 Å². The monoisotopic (exact) mass is 286 g/mol. The Kier molecular flexibility index (Phi) is 3.75. The molecule has 0 atom stereocenters. The predicted octanol–water partition coefficient (Wildman–Crippen LogP) is 5.24. The first-order chi connectivity index (χ1) is 7.58. The maximum absolute atomic E-state index is 5.96. The Balaban J connectivity index is 2.63. The van der Waals surface area contributed by atoms with E-state index in [4.69, 9.17) is 23.2 Å². The van der Waals surface area contributed by atoms with Crippen molar-refractivity contribution in [2.75, 3.05) is 0 Å². The minimum absolute atomic E-state index is 0.611. The molecule has 0 aliphatic heterocycles. The van der Waals surface area contributed by atoms with Crippen molar-refractivity contribution < 1.29 is 0 Å². The van der Waals surface area contributed by atoms with Crippen molar-refractivity contribution in [1.29, 1.82) is 0 Å². The van der Waals surface area contributed by atoms with Gasteiger partial charge in [-0.15, -0.1) is 25.3 Å². The van der Waals surface area contributed by atoms with Crippen LogP contribution >= 0.6 is 48.5 Å². The lowest BCUT2D eigenvalue weighted by molar-refractivity contribution is 1.27. The average Bonchev–Trinajstić information content (AvgIpc) is 2.20. The lowest BCUT2D eigenvalue weighted by atomic mass is 10.1. The molecular weight excluding hydrogens is 279 g/mol. The summed E-state index contributed by atoms with van der Waals surface area (Å²) in [4.78, 5) is 1.65. The molecule has 0 N–H and O–H groups in total. The second-order valence-corrected chi connectivity index (χ2v) is 5.13. The summed E-state index contributed by atoms with van der Waals surface area (Å²) in [5, 5.41) is 1.22. The third kappa shape index (κ3) is 2.51. The van der Waals surface area contributed by atoms with Crippen LogP contribution in [-0.2, 0) is 0 Å². The highest BCUT2D eigenvalue weighted by atomic mass is 35.5.